The predicted octanol–water partition coefficient (Wildman–Crippen LogP) is 1.56. The number of nitrogens with zero attached hydrogens (tertiary/aromatic N) is 2. The summed E-state index contributed by atoms with van der Waals surface area (Å²) in [6.45, 7) is 2.38. The molecule has 24 heavy (non-hydrogen) atoms. The van der Waals surface area contributed by atoms with E-state index in [-0.39, 0.29) is 11.1 Å². The number of carbonyl (C=O) groups excluding carboxylic acids is 1. The van der Waals surface area contributed by atoms with Crippen molar-refractivity contribution in [2.45, 2.75) is 6.92 Å². The van der Waals surface area contributed by atoms with Gasteiger partial charge in [0, 0.05) is 18.8 Å². The van der Waals surface area contributed by atoms with Crippen LogP contribution in [0.1, 0.15) is 22.8 Å². The van der Waals surface area contributed by atoms with Crippen LogP contribution in [0.5, 0.6) is 11.5 Å². The number of rotatable bonds is 6. The monoisotopic (exact) mass is 329 g/mol. The topological polar surface area (TPSA) is 81.9 Å². The fourth-order valence-electron chi connectivity index (χ4n) is 2.11. The van der Waals surface area contributed by atoms with E-state index in [0.29, 0.717) is 23.7 Å². The molecule has 7 heteroatoms. The van der Waals surface area contributed by atoms with Crippen molar-refractivity contribution in [3.05, 3.63) is 58.0 Å². The van der Waals surface area contributed by atoms with Crippen LogP contribution in [0.3, 0.4) is 0 Å². The SMILES string of the molecule is CCOc1cccc(/C=N\NC(=O)c2cccn(C)c2=O)c1OC. The smallest absolute Gasteiger partial charge is 0.276 e. The molecule has 2 aromatic rings. The zero-order valence-electron chi connectivity index (χ0n) is 13.8. The summed E-state index contributed by atoms with van der Waals surface area (Å²) in [6, 6.07) is 8.42. The molecule has 7 nitrogen and oxygen atoms in total. The molecule has 1 N–H and O–H groups in total. The molecule has 0 aliphatic heterocycles. The molecule has 0 aliphatic rings. The lowest BCUT2D eigenvalue weighted by molar-refractivity contribution is 0.0953. The third-order valence-electron chi connectivity index (χ3n) is 3.25. The Morgan fingerprint density at radius 2 is 2.12 bits per heavy atom. The van der Waals surface area contributed by atoms with Crippen LogP contribution < -0.4 is 20.5 Å². The van der Waals surface area contributed by atoms with E-state index in [0.717, 1.165) is 0 Å². The van der Waals surface area contributed by atoms with Gasteiger partial charge in [0.1, 0.15) is 5.56 Å². The molecule has 0 spiro atoms. The van der Waals surface area contributed by atoms with Crippen LogP contribution in [-0.2, 0) is 7.05 Å². The summed E-state index contributed by atoms with van der Waals surface area (Å²) in [5.41, 5.74) is 2.62. The number of carbonyl (C=O) groups is 1. The molecule has 1 amide bonds. The Bertz CT molecular complexity index is 812. The number of amides is 1. The molecule has 0 atom stereocenters. The van der Waals surface area contributed by atoms with Gasteiger partial charge in [-0.2, -0.15) is 5.10 Å². The van der Waals surface area contributed by atoms with Gasteiger partial charge in [-0.25, -0.2) is 5.43 Å². The van der Waals surface area contributed by atoms with Gasteiger partial charge < -0.3 is 14.0 Å². The van der Waals surface area contributed by atoms with E-state index in [9.17, 15) is 9.59 Å². The first-order valence-electron chi connectivity index (χ1n) is 7.37. The standard InChI is InChI=1S/C17H19N3O4/c1-4-24-14-9-5-7-12(15(14)23-3)11-18-19-16(21)13-8-6-10-20(2)17(13)22/h5-11H,4H2,1-3H3,(H,19,21)/b18-11-. The fraction of sp³-hybridized carbons (Fsp3) is 0.235. The highest BCUT2D eigenvalue weighted by atomic mass is 16.5. The Balaban J connectivity index is 2.17. The number of aryl methyl sites for hydroxylation is 1. The number of benzene rings is 1. The van der Waals surface area contributed by atoms with Crippen LogP contribution in [0.25, 0.3) is 0 Å². The molecule has 0 radical (unpaired) electrons. The second kappa shape index (κ2) is 7.96. The molecule has 0 fully saturated rings. The lowest BCUT2D eigenvalue weighted by atomic mass is 10.2. The van der Waals surface area contributed by atoms with Crippen molar-refractivity contribution < 1.29 is 14.3 Å². The van der Waals surface area contributed by atoms with Crippen molar-refractivity contribution in [1.29, 1.82) is 0 Å². The first-order chi connectivity index (χ1) is 11.6. The molecule has 1 heterocycles. The van der Waals surface area contributed by atoms with Crippen molar-refractivity contribution in [2.24, 2.45) is 12.1 Å². The largest absolute Gasteiger partial charge is 0.492 e. The number of methoxy groups -OCH3 is 1. The van der Waals surface area contributed by atoms with E-state index in [1.54, 1.807) is 37.5 Å². The molecule has 0 aliphatic carbocycles. The van der Waals surface area contributed by atoms with Gasteiger partial charge in [-0.1, -0.05) is 6.07 Å². The van der Waals surface area contributed by atoms with Crippen molar-refractivity contribution >= 4 is 12.1 Å². The number of pyridine rings is 1. The number of nitrogens with one attached hydrogen (secondary N) is 1. The van der Waals surface area contributed by atoms with E-state index in [1.165, 1.54) is 24.0 Å². The Morgan fingerprint density at radius 3 is 2.83 bits per heavy atom. The van der Waals surface area contributed by atoms with Gasteiger partial charge in [-0.3, -0.25) is 9.59 Å². The molecule has 0 bridgehead atoms. The van der Waals surface area contributed by atoms with Crippen LogP contribution in [0, 0.1) is 0 Å². The minimum Gasteiger partial charge on any atom is -0.492 e. The Labute approximate surface area is 139 Å². The van der Waals surface area contributed by atoms with Gasteiger partial charge in [0.25, 0.3) is 11.5 Å². The summed E-state index contributed by atoms with van der Waals surface area (Å²) in [4.78, 5) is 23.9. The normalized spacial score (nSPS) is 10.6. The summed E-state index contributed by atoms with van der Waals surface area (Å²) in [5, 5.41) is 3.89. The van der Waals surface area contributed by atoms with Crippen molar-refractivity contribution in [1.82, 2.24) is 9.99 Å². The average Bonchev–Trinajstić information content (AvgIpc) is 2.57. The third-order valence-corrected chi connectivity index (χ3v) is 3.25. The summed E-state index contributed by atoms with van der Waals surface area (Å²) >= 11 is 0. The first kappa shape index (κ1) is 17.3. The maximum absolute atomic E-state index is 12.0. The summed E-state index contributed by atoms with van der Waals surface area (Å²) in [7, 11) is 3.11. The van der Waals surface area contributed by atoms with E-state index in [2.05, 4.69) is 10.5 Å². The molecule has 0 saturated carbocycles. The molecular weight excluding hydrogens is 310 g/mol. The Morgan fingerprint density at radius 1 is 1.33 bits per heavy atom. The lowest BCUT2D eigenvalue weighted by Gasteiger charge is -2.11. The molecule has 0 saturated heterocycles. The van der Waals surface area contributed by atoms with Crippen molar-refractivity contribution in [3.8, 4) is 11.5 Å². The van der Waals surface area contributed by atoms with E-state index < -0.39 is 5.91 Å². The highest BCUT2D eigenvalue weighted by Gasteiger charge is 2.11. The maximum Gasteiger partial charge on any atom is 0.276 e. The van der Waals surface area contributed by atoms with E-state index in [4.69, 9.17) is 9.47 Å². The Kier molecular flexibility index (Phi) is 5.73. The number of hydrogen-bond acceptors (Lipinski definition) is 5. The summed E-state index contributed by atoms with van der Waals surface area (Å²) < 4.78 is 12.1. The van der Waals surface area contributed by atoms with Gasteiger partial charge in [-0.05, 0) is 31.2 Å². The van der Waals surface area contributed by atoms with Gasteiger partial charge in [0.15, 0.2) is 11.5 Å². The number of para-hydroxylation sites is 1. The maximum atomic E-state index is 12.0. The van der Waals surface area contributed by atoms with Crippen LogP contribution in [0.2, 0.25) is 0 Å². The zero-order chi connectivity index (χ0) is 17.5. The van der Waals surface area contributed by atoms with Gasteiger partial charge in [-0.15, -0.1) is 0 Å². The van der Waals surface area contributed by atoms with Crippen LogP contribution in [0.4, 0.5) is 0 Å². The van der Waals surface area contributed by atoms with Crippen LogP contribution in [0.15, 0.2) is 46.4 Å². The molecule has 1 aromatic carbocycles. The first-order valence-corrected chi connectivity index (χ1v) is 7.37. The number of hydrazone groups is 1. The minimum atomic E-state index is -0.577. The zero-order valence-corrected chi connectivity index (χ0v) is 13.8. The Hall–Kier alpha value is -3.09. The minimum absolute atomic E-state index is 0.0205. The quantitative estimate of drug-likeness (QED) is 0.644. The summed E-state index contributed by atoms with van der Waals surface area (Å²) in [6.07, 6.45) is 3.01. The van der Waals surface area contributed by atoms with Crippen molar-refractivity contribution in [2.75, 3.05) is 13.7 Å². The number of hydrogen-bond donors (Lipinski definition) is 1. The fourth-order valence-corrected chi connectivity index (χ4v) is 2.11. The second-order valence-corrected chi connectivity index (χ2v) is 4.85. The van der Waals surface area contributed by atoms with Gasteiger partial charge in [0.05, 0.1) is 19.9 Å². The lowest BCUT2D eigenvalue weighted by Crippen LogP contribution is -2.29. The molecule has 126 valence electrons. The molecule has 0 unspecified atom stereocenters. The van der Waals surface area contributed by atoms with Gasteiger partial charge in [0.2, 0.25) is 0 Å². The van der Waals surface area contributed by atoms with Gasteiger partial charge >= 0.3 is 0 Å². The average molecular weight is 329 g/mol. The highest BCUT2D eigenvalue weighted by molar-refractivity contribution is 5.94. The third kappa shape index (κ3) is 3.81. The highest BCUT2D eigenvalue weighted by Crippen LogP contribution is 2.29. The molecule has 2 rings (SSSR count). The van der Waals surface area contributed by atoms with Crippen LogP contribution in [-0.4, -0.2) is 30.4 Å². The predicted molar refractivity (Wildman–Crippen MR) is 90.9 cm³/mol. The van der Waals surface area contributed by atoms with Crippen LogP contribution >= 0.6 is 0 Å². The number of ether oxygens (including phenoxy) is 2. The van der Waals surface area contributed by atoms with Crippen molar-refractivity contribution in [3.63, 3.8) is 0 Å². The molecular formula is C17H19N3O4. The van der Waals surface area contributed by atoms with E-state index in [1.807, 2.05) is 6.92 Å². The van der Waals surface area contributed by atoms with E-state index >= 15 is 0 Å². The molecule has 1 aromatic heterocycles. The second-order valence-electron chi connectivity index (χ2n) is 4.85. The summed E-state index contributed by atoms with van der Waals surface area (Å²) in [5.74, 6) is 0.535. The number of aromatic nitrogens is 1.